The van der Waals surface area contributed by atoms with Gasteiger partial charge in [-0.1, -0.05) is 11.6 Å². The van der Waals surface area contributed by atoms with Gasteiger partial charge in [0.25, 0.3) is 5.91 Å². The van der Waals surface area contributed by atoms with Gasteiger partial charge in [-0.2, -0.15) is 13.2 Å². The predicted octanol–water partition coefficient (Wildman–Crippen LogP) is 1.96. The molecule has 0 radical (unpaired) electrons. The number of amides is 1. The van der Waals surface area contributed by atoms with E-state index in [0.717, 1.165) is 6.07 Å². The van der Waals surface area contributed by atoms with Gasteiger partial charge >= 0.3 is 6.18 Å². The highest BCUT2D eigenvalue weighted by Crippen LogP contribution is 2.30. The molecule has 1 aliphatic heterocycles. The molecule has 0 bridgehead atoms. The van der Waals surface area contributed by atoms with Crippen molar-refractivity contribution in [3.05, 3.63) is 28.5 Å². The third-order valence-corrected chi connectivity index (χ3v) is 2.98. The van der Waals surface area contributed by atoms with E-state index in [-0.39, 0.29) is 12.1 Å². The van der Waals surface area contributed by atoms with Crippen LogP contribution in [-0.2, 0) is 6.18 Å². The van der Waals surface area contributed by atoms with E-state index in [9.17, 15) is 23.1 Å². The lowest BCUT2D eigenvalue weighted by atomic mass is 10.2. The van der Waals surface area contributed by atoms with Crippen LogP contribution in [0.15, 0.2) is 12.1 Å². The van der Waals surface area contributed by atoms with Gasteiger partial charge in [0.05, 0.1) is 6.10 Å². The minimum absolute atomic E-state index is 0.111. The molecule has 19 heavy (non-hydrogen) atoms. The van der Waals surface area contributed by atoms with Crippen molar-refractivity contribution >= 4 is 17.5 Å². The van der Waals surface area contributed by atoms with Crippen LogP contribution in [0.1, 0.15) is 22.5 Å². The summed E-state index contributed by atoms with van der Waals surface area (Å²) in [4.78, 5) is 16.4. The predicted molar refractivity (Wildman–Crippen MR) is 60.8 cm³/mol. The van der Waals surface area contributed by atoms with Gasteiger partial charge < -0.3 is 10.0 Å². The van der Waals surface area contributed by atoms with Crippen molar-refractivity contribution in [1.82, 2.24) is 9.88 Å². The largest absolute Gasteiger partial charge is 0.433 e. The SMILES string of the molecule is O=C(c1cc(Cl)nc(C(F)(F)F)c1)N1CC[C@H](O)C1. The lowest BCUT2D eigenvalue weighted by Gasteiger charge is -2.16. The highest BCUT2D eigenvalue weighted by Gasteiger charge is 2.34. The molecule has 1 amide bonds. The van der Waals surface area contributed by atoms with Gasteiger partial charge in [0, 0.05) is 18.7 Å². The van der Waals surface area contributed by atoms with E-state index >= 15 is 0 Å². The van der Waals surface area contributed by atoms with Crippen LogP contribution < -0.4 is 0 Å². The second kappa shape index (κ2) is 4.97. The molecule has 0 unspecified atom stereocenters. The number of likely N-dealkylation sites (tertiary alicyclic amines) is 1. The Morgan fingerprint density at radius 3 is 2.68 bits per heavy atom. The highest BCUT2D eigenvalue weighted by molar-refractivity contribution is 6.29. The van der Waals surface area contributed by atoms with E-state index in [1.807, 2.05) is 0 Å². The zero-order valence-electron chi connectivity index (χ0n) is 9.62. The van der Waals surface area contributed by atoms with E-state index in [0.29, 0.717) is 19.0 Å². The number of carbonyl (C=O) groups excluding carboxylic acids is 1. The van der Waals surface area contributed by atoms with Crippen molar-refractivity contribution in [1.29, 1.82) is 0 Å². The number of pyridine rings is 1. The number of aromatic nitrogens is 1. The summed E-state index contributed by atoms with van der Waals surface area (Å²) in [6, 6.07) is 1.75. The maximum atomic E-state index is 12.6. The third-order valence-electron chi connectivity index (χ3n) is 2.78. The topological polar surface area (TPSA) is 53.4 Å². The molecule has 1 atom stereocenters. The molecular formula is C11H10ClF3N2O2. The molecule has 0 aliphatic carbocycles. The summed E-state index contributed by atoms with van der Waals surface area (Å²) < 4.78 is 37.7. The van der Waals surface area contributed by atoms with Crippen molar-refractivity contribution in [2.45, 2.75) is 18.7 Å². The maximum Gasteiger partial charge on any atom is 0.433 e. The van der Waals surface area contributed by atoms with E-state index in [2.05, 4.69) is 4.98 Å². The summed E-state index contributed by atoms with van der Waals surface area (Å²) in [6.45, 7) is 0.418. The van der Waals surface area contributed by atoms with Gasteiger partial charge in [-0.05, 0) is 18.6 Å². The van der Waals surface area contributed by atoms with Crippen LogP contribution in [0.25, 0.3) is 0 Å². The molecule has 1 saturated heterocycles. The average Bonchev–Trinajstić information content (AvgIpc) is 2.73. The second-order valence-corrected chi connectivity index (χ2v) is 4.64. The van der Waals surface area contributed by atoms with E-state index in [1.54, 1.807) is 0 Å². The lowest BCUT2D eigenvalue weighted by molar-refractivity contribution is -0.141. The smallest absolute Gasteiger partial charge is 0.391 e. The van der Waals surface area contributed by atoms with E-state index in [1.165, 1.54) is 4.90 Å². The number of hydrogen-bond donors (Lipinski definition) is 1. The van der Waals surface area contributed by atoms with E-state index in [4.69, 9.17) is 11.6 Å². The zero-order chi connectivity index (χ0) is 14.2. The summed E-state index contributed by atoms with van der Waals surface area (Å²) >= 11 is 5.50. The Kier molecular flexibility index (Phi) is 3.69. The summed E-state index contributed by atoms with van der Waals surface area (Å²) in [5.74, 6) is -0.591. The Bertz CT molecular complexity index is 507. The number of rotatable bonds is 1. The molecule has 1 aliphatic rings. The van der Waals surface area contributed by atoms with Crippen LogP contribution in [0, 0.1) is 0 Å². The minimum Gasteiger partial charge on any atom is -0.391 e. The molecule has 1 N–H and O–H groups in total. The molecule has 1 fully saturated rings. The number of hydrogen-bond acceptors (Lipinski definition) is 3. The van der Waals surface area contributed by atoms with Gasteiger partial charge in [-0.25, -0.2) is 4.98 Å². The van der Waals surface area contributed by atoms with Gasteiger partial charge in [-0.3, -0.25) is 4.79 Å². The summed E-state index contributed by atoms with van der Waals surface area (Å²) in [5.41, 5.74) is -1.38. The van der Waals surface area contributed by atoms with Gasteiger partial charge in [0.2, 0.25) is 0 Å². The fraction of sp³-hybridized carbons (Fsp3) is 0.455. The van der Waals surface area contributed by atoms with Crippen LogP contribution in [0.5, 0.6) is 0 Å². The van der Waals surface area contributed by atoms with Crippen LogP contribution in [0.2, 0.25) is 5.15 Å². The van der Waals surface area contributed by atoms with Crippen LogP contribution >= 0.6 is 11.6 Å². The monoisotopic (exact) mass is 294 g/mol. The van der Waals surface area contributed by atoms with Crippen molar-refractivity contribution in [2.75, 3.05) is 13.1 Å². The Morgan fingerprint density at radius 1 is 1.47 bits per heavy atom. The normalized spacial score (nSPS) is 19.8. The first kappa shape index (κ1) is 14.1. The van der Waals surface area contributed by atoms with Gasteiger partial charge in [0.15, 0.2) is 0 Å². The van der Waals surface area contributed by atoms with Crippen molar-refractivity contribution < 1.29 is 23.1 Å². The fourth-order valence-electron chi connectivity index (χ4n) is 1.87. The van der Waals surface area contributed by atoms with Crippen molar-refractivity contribution in [3.63, 3.8) is 0 Å². The lowest BCUT2D eigenvalue weighted by Crippen LogP contribution is -2.30. The Hall–Kier alpha value is -1.34. The molecular weight excluding hydrogens is 285 g/mol. The zero-order valence-corrected chi connectivity index (χ0v) is 10.4. The number of halogens is 4. The first-order valence-corrected chi connectivity index (χ1v) is 5.87. The molecule has 1 aromatic rings. The molecule has 2 heterocycles. The second-order valence-electron chi connectivity index (χ2n) is 4.26. The summed E-state index contributed by atoms with van der Waals surface area (Å²) in [7, 11) is 0. The number of aliphatic hydroxyl groups is 1. The highest BCUT2D eigenvalue weighted by atomic mass is 35.5. The molecule has 2 rings (SSSR count). The first-order valence-electron chi connectivity index (χ1n) is 5.49. The molecule has 0 spiro atoms. The molecule has 8 heteroatoms. The number of carbonyl (C=O) groups is 1. The number of β-amino-alcohol motifs (C(OH)–C–C–N with tert-alkyl or cyclic N) is 1. The number of alkyl halides is 3. The standard InChI is InChI=1S/C11H10ClF3N2O2/c12-9-4-6(3-8(16-9)11(13,14)15)10(19)17-2-1-7(18)5-17/h3-4,7,18H,1-2,5H2/t7-/m0/s1. The third kappa shape index (κ3) is 3.16. The quantitative estimate of drug-likeness (QED) is 0.806. The first-order chi connectivity index (χ1) is 8.77. The number of aliphatic hydroxyl groups excluding tert-OH is 1. The van der Waals surface area contributed by atoms with Gasteiger partial charge in [0.1, 0.15) is 10.8 Å². The summed E-state index contributed by atoms with van der Waals surface area (Å²) in [5, 5.41) is 8.93. The number of nitrogens with zero attached hydrogens (tertiary/aromatic N) is 2. The minimum atomic E-state index is -4.66. The van der Waals surface area contributed by atoms with E-state index < -0.39 is 29.0 Å². The van der Waals surface area contributed by atoms with Crippen molar-refractivity contribution in [3.8, 4) is 0 Å². The maximum absolute atomic E-state index is 12.6. The van der Waals surface area contributed by atoms with Crippen molar-refractivity contribution in [2.24, 2.45) is 0 Å². The summed E-state index contributed by atoms with van der Waals surface area (Å²) in [6.07, 6.45) is -4.88. The van der Waals surface area contributed by atoms with Gasteiger partial charge in [-0.15, -0.1) is 0 Å². The van der Waals surface area contributed by atoms with Crippen LogP contribution in [0.4, 0.5) is 13.2 Å². The fourth-order valence-corrected chi connectivity index (χ4v) is 2.08. The molecule has 104 valence electrons. The Morgan fingerprint density at radius 2 is 2.16 bits per heavy atom. The molecule has 4 nitrogen and oxygen atoms in total. The average molecular weight is 295 g/mol. The molecule has 0 saturated carbocycles. The van der Waals surface area contributed by atoms with Crippen LogP contribution in [0.3, 0.4) is 0 Å². The Balaban J connectivity index is 2.29. The molecule has 1 aromatic heterocycles. The molecule has 0 aromatic carbocycles. The van der Waals surface area contributed by atoms with Crippen LogP contribution in [-0.4, -0.2) is 40.1 Å². The Labute approximate surface area is 111 Å².